The summed E-state index contributed by atoms with van der Waals surface area (Å²) < 4.78 is 42.9. The zero-order valence-electron chi connectivity index (χ0n) is 20.9. The summed E-state index contributed by atoms with van der Waals surface area (Å²) >= 11 is 0. The van der Waals surface area contributed by atoms with Gasteiger partial charge in [-0.05, 0) is 68.8 Å². The number of rotatable bonds is 7. The smallest absolute Gasteiger partial charge is 0.397 e. The molecule has 2 heterocycles. The molecule has 0 aliphatic carbocycles. The Labute approximate surface area is 213 Å². The summed E-state index contributed by atoms with van der Waals surface area (Å²) in [5, 5.41) is 8.06. The molecule has 1 aliphatic heterocycles. The molecule has 4 rings (SSSR count). The zero-order valence-corrected chi connectivity index (χ0v) is 20.9. The standard InChI is InChI=1S/C26H30F3N7O/c1-16-5-6-18(11-24(16)36(31)15-23(30)21-13-32-34(3)17(21)2)25(37)33-20-8-7-19(14-35-9-4-10-35)22(12-20)26(27,28)29/h5-8,11-13,15H,4,9-10,14,30-31H2,1-3H3,(H,33,37)/b23-15-. The Morgan fingerprint density at radius 2 is 1.92 bits per heavy atom. The predicted molar refractivity (Wildman–Crippen MR) is 137 cm³/mol. The van der Waals surface area contributed by atoms with Crippen molar-refractivity contribution in [2.45, 2.75) is 33.0 Å². The highest BCUT2D eigenvalue weighted by atomic mass is 19.4. The first-order valence-corrected chi connectivity index (χ1v) is 11.8. The molecule has 1 saturated heterocycles. The molecule has 0 unspecified atom stereocenters. The van der Waals surface area contributed by atoms with E-state index >= 15 is 0 Å². The number of hydrogen-bond acceptors (Lipinski definition) is 6. The van der Waals surface area contributed by atoms with Gasteiger partial charge in [-0.1, -0.05) is 12.1 Å². The molecule has 0 bridgehead atoms. The fourth-order valence-electron chi connectivity index (χ4n) is 4.14. The highest BCUT2D eigenvalue weighted by molar-refractivity contribution is 6.05. The van der Waals surface area contributed by atoms with E-state index < -0.39 is 17.6 Å². The van der Waals surface area contributed by atoms with Gasteiger partial charge in [0.15, 0.2) is 0 Å². The normalized spacial score (nSPS) is 14.4. The molecular weight excluding hydrogens is 483 g/mol. The fourth-order valence-corrected chi connectivity index (χ4v) is 4.14. The fraction of sp³-hybridized carbons (Fsp3) is 0.308. The molecule has 1 fully saturated rings. The number of carbonyl (C=O) groups excluding carboxylic acids is 1. The monoisotopic (exact) mass is 513 g/mol. The molecule has 3 aromatic rings. The van der Waals surface area contributed by atoms with Crippen molar-refractivity contribution in [3.8, 4) is 0 Å². The number of hydrazine groups is 1. The topological polar surface area (TPSA) is 105 Å². The molecule has 1 amide bonds. The average molecular weight is 514 g/mol. The van der Waals surface area contributed by atoms with Crippen LogP contribution in [-0.4, -0.2) is 33.7 Å². The second-order valence-electron chi connectivity index (χ2n) is 9.21. The van der Waals surface area contributed by atoms with Gasteiger partial charge in [0.1, 0.15) is 0 Å². The number of aromatic nitrogens is 2. The van der Waals surface area contributed by atoms with Crippen LogP contribution in [0.4, 0.5) is 24.5 Å². The minimum absolute atomic E-state index is 0.0626. The van der Waals surface area contributed by atoms with Crippen LogP contribution in [0.25, 0.3) is 5.70 Å². The Morgan fingerprint density at radius 3 is 2.51 bits per heavy atom. The molecule has 196 valence electrons. The van der Waals surface area contributed by atoms with Crippen molar-refractivity contribution in [1.82, 2.24) is 14.7 Å². The Kier molecular flexibility index (Phi) is 7.28. The van der Waals surface area contributed by atoms with E-state index in [-0.39, 0.29) is 23.4 Å². The molecule has 8 nitrogen and oxygen atoms in total. The van der Waals surface area contributed by atoms with E-state index in [4.69, 9.17) is 11.6 Å². The van der Waals surface area contributed by atoms with E-state index in [1.165, 1.54) is 23.3 Å². The van der Waals surface area contributed by atoms with Crippen molar-refractivity contribution in [3.05, 3.63) is 82.3 Å². The number of hydrogen-bond donors (Lipinski definition) is 3. The summed E-state index contributed by atoms with van der Waals surface area (Å²) in [4.78, 5) is 14.9. The maximum atomic E-state index is 13.7. The van der Waals surface area contributed by atoms with E-state index in [9.17, 15) is 18.0 Å². The van der Waals surface area contributed by atoms with Gasteiger partial charge >= 0.3 is 6.18 Å². The molecule has 0 spiro atoms. The van der Waals surface area contributed by atoms with Crippen molar-refractivity contribution < 1.29 is 18.0 Å². The lowest BCUT2D eigenvalue weighted by molar-refractivity contribution is -0.138. The SMILES string of the molecule is Cc1ccc(C(=O)Nc2ccc(CN3CCC3)c(C(F)(F)F)c2)cc1N(N)/C=C(\N)c1cnn(C)c1C. The number of alkyl halides is 3. The number of carbonyl (C=O) groups is 1. The van der Waals surface area contributed by atoms with Crippen LogP contribution in [0.15, 0.2) is 48.8 Å². The lowest BCUT2D eigenvalue weighted by Gasteiger charge is -2.31. The maximum Gasteiger partial charge on any atom is 0.416 e. The molecule has 0 atom stereocenters. The Balaban J connectivity index is 1.55. The van der Waals surface area contributed by atoms with Gasteiger partial charge in [-0.3, -0.25) is 19.4 Å². The third kappa shape index (κ3) is 5.78. The summed E-state index contributed by atoms with van der Waals surface area (Å²) in [5.74, 6) is 5.68. The van der Waals surface area contributed by atoms with Crippen LogP contribution in [0.1, 0.15) is 44.7 Å². The van der Waals surface area contributed by atoms with Crippen LogP contribution in [-0.2, 0) is 19.8 Å². The second kappa shape index (κ2) is 10.3. The van der Waals surface area contributed by atoms with E-state index in [1.807, 2.05) is 18.7 Å². The van der Waals surface area contributed by atoms with Gasteiger partial charge in [-0.25, -0.2) is 5.84 Å². The Bertz CT molecular complexity index is 1340. The molecular formula is C26H30F3N7O. The first-order valence-electron chi connectivity index (χ1n) is 11.8. The number of aryl methyl sites for hydroxylation is 2. The van der Waals surface area contributed by atoms with Crippen LogP contribution >= 0.6 is 0 Å². The molecule has 1 aromatic heterocycles. The van der Waals surface area contributed by atoms with Crippen molar-refractivity contribution in [3.63, 3.8) is 0 Å². The minimum atomic E-state index is -4.53. The van der Waals surface area contributed by atoms with Gasteiger partial charge < -0.3 is 11.1 Å². The third-order valence-corrected chi connectivity index (χ3v) is 6.59. The van der Waals surface area contributed by atoms with Gasteiger partial charge in [0.05, 0.1) is 23.1 Å². The lowest BCUT2D eigenvalue weighted by atomic mass is 10.0. The number of likely N-dealkylation sites (tertiary alicyclic amines) is 1. The summed E-state index contributed by atoms with van der Waals surface area (Å²) in [7, 11) is 1.80. The van der Waals surface area contributed by atoms with Crippen LogP contribution < -0.4 is 21.9 Å². The summed E-state index contributed by atoms with van der Waals surface area (Å²) in [5.41, 5.74) is 9.22. The van der Waals surface area contributed by atoms with Gasteiger partial charge in [0.25, 0.3) is 5.91 Å². The van der Waals surface area contributed by atoms with E-state index in [1.54, 1.807) is 36.1 Å². The minimum Gasteiger partial charge on any atom is -0.397 e. The Hall–Kier alpha value is -3.83. The number of nitrogens with zero attached hydrogens (tertiary/aromatic N) is 4. The summed E-state index contributed by atoms with van der Waals surface area (Å²) in [6.07, 6.45) is -0.382. The van der Waals surface area contributed by atoms with Crippen molar-refractivity contribution >= 4 is 23.0 Å². The van der Waals surface area contributed by atoms with Crippen LogP contribution in [0, 0.1) is 13.8 Å². The average Bonchev–Trinajstić information content (AvgIpc) is 3.14. The number of nitrogens with two attached hydrogens (primary N) is 2. The molecule has 37 heavy (non-hydrogen) atoms. The van der Waals surface area contributed by atoms with Gasteiger partial charge in [-0.15, -0.1) is 0 Å². The van der Waals surface area contributed by atoms with E-state index in [0.717, 1.165) is 42.4 Å². The highest BCUT2D eigenvalue weighted by Gasteiger charge is 2.34. The summed E-state index contributed by atoms with van der Waals surface area (Å²) in [6.45, 7) is 5.50. The first kappa shape index (κ1) is 26.2. The highest BCUT2D eigenvalue weighted by Crippen LogP contribution is 2.35. The van der Waals surface area contributed by atoms with E-state index in [0.29, 0.717) is 11.4 Å². The first-order chi connectivity index (χ1) is 17.4. The molecule has 11 heteroatoms. The second-order valence-corrected chi connectivity index (χ2v) is 9.21. The van der Waals surface area contributed by atoms with Crippen LogP contribution in [0.5, 0.6) is 0 Å². The summed E-state index contributed by atoms with van der Waals surface area (Å²) in [6, 6.07) is 8.76. The molecule has 0 saturated carbocycles. The largest absolute Gasteiger partial charge is 0.416 e. The molecule has 2 aromatic carbocycles. The van der Waals surface area contributed by atoms with Gasteiger partial charge in [-0.2, -0.15) is 18.3 Å². The lowest BCUT2D eigenvalue weighted by Crippen LogP contribution is -2.36. The molecule has 5 N–H and O–H groups in total. The number of amides is 1. The number of anilines is 2. The number of halogens is 3. The third-order valence-electron chi connectivity index (χ3n) is 6.59. The Morgan fingerprint density at radius 1 is 1.19 bits per heavy atom. The van der Waals surface area contributed by atoms with Crippen LogP contribution in [0.2, 0.25) is 0 Å². The predicted octanol–water partition coefficient (Wildman–Crippen LogP) is 4.15. The zero-order chi connectivity index (χ0) is 26.9. The molecule has 1 aliphatic rings. The van der Waals surface area contributed by atoms with Crippen molar-refractivity contribution in [1.29, 1.82) is 0 Å². The van der Waals surface area contributed by atoms with Crippen molar-refractivity contribution in [2.24, 2.45) is 18.6 Å². The molecule has 0 radical (unpaired) electrons. The number of nitrogens with one attached hydrogen (secondary N) is 1. The van der Waals surface area contributed by atoms with Crippen LogP contribution in [0.3, 0.4) is 0 Å². The number of benzene rings is 2. The van der Waals surface area contributed by atoms with Crippen molar-refractivity contribution in [2.75, 3.05) is 23.4 Å². The quantitative estimate of drug-likeness (QED) is 0.324. The maximum absolute atomic E-state index is 13.7. The van der Waals surface area contributed by atoms with E-state index in [2.05, 4.69) is 10.4 Å². The van der Waals surface area contributed by atoms with Gasteiger partial charge in [0.2, 0.25) is 0 Å². The van der Waals surface area contributed by atoms with Gasteiger partial charge in [0, 0.05) is 42.3 Å².